The molecule has 1 saturated heterocycles. The lowest BCUT2D eigenvalue weighted by atomic mass is 10.2. The largest absolute Gasteiger partial charge is 0.467 e. The Bertz CT molecular complexity index is 348. The molecule has 0 aliphatic carbocycles. The fraction of sp³-hybridized carbons (Fsp3) is 0.444. The van der Waals surface area contributed by atoms with E-state index in [4.69, 9.17) is 9.47 Å². The summed E-state index contributed by atoms with van der Waals surface area (Å²) in [5.74, 6) is 0.327. The van der Waals surface area contributed by atoms with Crippen LogP contribution in [0.25, 0.3) is 0 Å². The predicted molar refractivity (Wildman–Crippen MR) is 50.8 cm³/mol. The Morgan fingerprint density at radius 1 is 1.40 bits per heavy atom. The third-order valence-corrected chi connectivity index (χ3v) is 2.11. The Hall–Kier alpha value is -1.85. The first-order valence-electron chi connectivity index (χ1n) is 4.62. The van der Waals surface area contributed by atoms with E-state index < -0.39 is 0 Å². The minimum atomic E-state index is -0.352. The molecule has 6 heteroatoms. The molecule has 1 aliphatic heterocycles. The highest BCUT2D eigenvalue weighted by Gasteiger charge is 2.22. The van der Waals surface area contributed by atoms with Crippen molar-refractivity contribution in [3.05, 3.63) is 12.4 Å². The molecule has 0 aromatic carbocycles. The normalized spacial score (nSPS) is 14.3. The van der Waals surface area contributed by atoms with Crippen LogP contribution in [-0.4, -0.2) is 41.2 Å². The van der Waals surface area contributed by atoms with E-state index in [1.54, 1.807) is 4.90 Å². The van der Waals surface area contributed by atoms with Crippen LogP contribution >= 0.6 is 0 Å². The molecule has 0 N–H and O–H groups in total. The van der Waals surface area contributed by atoms with E-state index in [2.05, 4.69) is 9.97 Å². The van der Waals surface area contributed by atoms with Gasteiger partial charge < -0.3 is 14.4 Å². The number of hydrogen-bond donors (Lipinski definition) is 0. The zero-order chi connectivity index (χ0) is 10.7. The molecule has 6 nitrogen and oxygen atoms in total. The van der Waals surface area contributed by atoms with Crippen LogP contribution in [0.5, 0.6) is 11.8 Å². The molecule has 0 unspecified atom stereocenters. The average Bonchev–Trinajstić information content (AvgIpc) is 2.16. The van der Waals surface area contributed by atoms with E-state index in [1.165, 1.54) is 19.5 Å². The molecule has 15 heavy (non-hydrogen) atoms. The van der Waals surface area contributed by atoms with Crippen molar-refractivity contribution in [2.45, 2.75) is 6.42 Å². The summed E-state index contributed by atoms with van der Waals surface area (Å²) in [5, 5.41) is 0. The molecule has 0 atom stereocenters. The molecule has 1 aromatic heterocycles. The maximum Gasteiger partial charge on any atom is 0.415 e. The highest BCUT2D eigenvalue weighted by molar-refractivity contribution is 5.71. The van der Waals surface area contributed by atoms with Gasteiger partial charge in [-0.25, -0.2) is 4.79 Å². The number of methoxy groups -OCH3 is 1. The van der Waals surface area contributed by atoms with Gasteiger partial charge in [0.15, 0.2) is 5.75 Å². The van der Waals surface area contributed by atoms with Crippen molar-refractivity contribution >= 4 is 6.09 Å². The van der Waals surface area contributed by atoms with Crippen LogP contribution in [0.3, 0.4) is 0 Å². The van der Waals surface area contributed by atoms with Crippen molar-refractivity contribution in [1.82, 2.24) is 14.9 Å². The zero-order valence-corrected chi connectivity index (χ0v) is 8.34. The molecule has 1 amide bonds. The highest BCUT2D eigenvalue weighted by Crippen LogP contribution is 2.13. The fourth-order valence-corrected chi connectivity index (χ4v) is 1.13. The van der Waals surface area contributed by atoms with Crippen molar-refractivity contribution < 1.29 is 14.3 Å². The molecule has 80 valence electrons. The number of rotatable bonds is 2. The van der Waals surface area contributed by atoms with Crippen LogP contribution in [0.4, 0.5) is 4.79 Å². The summed E-state index contributed by atoms with van der Waals surface area (Å²) in [5.41, 5.74) is 0. The predicted octanol–water partition coefficient (Wildman–Crippen LogP) is 0.690. The summed E-state index contributed by atoms with van der Waals surface area (Å²) < 4.78 is 9.81. The Morgan fingerprint density at radius 2 is 2.07 bits per heavy atom. The molecular weight excluding hydrogens is 198 g/mol. The lowest BCUT2D eigenvalue weighted by Gasteiger charge is -2.29. The smallest absolute Gasteiger partial charge is 0.415 e. The van der Waals surface area contributed by atoms with E-state index in [0.29, 0.717) is 5.75 Å². The van der Waals surface area contributed by atoms with Crippen LogP contribution in [-0.2, 0) is 0 Å². The zero-order valence-electron chi connectivity index (χ0n) is 8.34. The number of aromatic nitrogens is 2. The van der Waals surface area contributed by atoms with Gasteiger partial charge in [-0.3, -0.25) is 0 Å². The Balaban J connectivity index is 1.94. The summed E-state index contributed by atoms with van der Waals surface area (Å²) in [7, 11) is 1.47. The first-order chi connectivity index (χ1) is 7.29. The topological polar surface area (TPSA) is 64.6 Å². The number of nitrogens with zero attached hydrogens (tertiary/aromatic N) is 3. The van der Waals surface area contributed by atoms with Crippen molar-refractivity contribution in [3.63, 3.8) is 0 Å². The van der Waals surface area contributed by atoms with Gasteiger partial charge in [0, 0.05) is 13.1 Å². The minimum absolute atomic E-state index is 0.249. The molecule has 1 aliphatic rings. The van der Waals surface area contributed by atoms with Crippen LogP contribution in [0.15, 0.2) is 12.4 Å². The van der Waals surface area contributed by atoms with Gasteiger partial charge in [0.05, 0.1) is 19.5 Å². The van der Waals surface area contributed by atoms with E-state index in [1.807, 2.05) is 0 Å². The first kappa shape index (κ1) is 9.70. The number of ether oxygens (including phenoxy) is 2. The summed E-state index contributed by atoms with van der Waals surface area (Å²) in [6.45, 7) is 1.52. The van der Waals surface area contributed by atoms with Crippen molar-refractivity contribution in [2.75, 3.05) is 20.2 Å². The van der Waals surface area contributed by atoms with Crippen molar-refractivity contribution in [3.8, 4) is 11.8 Å². The second-order valence-corrected chi connectivity index (χ2v) is 3.11. The fourth-order valence-electron chi connectivity index (χ4n) is 1.13. The maximum atomic E-state index is 11.4. The number of likely N-dealkylation sites (tertiary alicyclic amines) is 1. The lowest BCUT2D eigenvalue weighted by molar-refractivity contribution is 0.124. The molecule has 0 bridgehead atoms. The van der Waals surface area contributed by atoms with Crippen molar-refractivity contribution in [2.24, 2.45) is 0 Å². The minimum Gasteiger partial charge on any atom is -0.467 e. The van der Waals surface area contributed by atoms with Gasteiger partial charge >= 0.3 is 12.1 Å². The molecule has 1 fully saturated rings. The Kier molecular flexibility index (Phi) is 2.66. The summed E-state index contributed by atoms with van der Waals surface area (Å²) in [6, 6.07) is 0.249. The second kappa shape index (κ2) is 4.12. The van der Waals surface area contributed by atoms with Crippen LogP contribution in [0.2, 0.25) is 0 Å². The van der Waals surface area contributed by atoms with Crippen LogP contribution in [0.1, 0.15) is 6.42 Å². The van der Waals surface area contributed by atoms with Gasteiger partial charge in [-0.15, -0.1) is 0 Å². The van der Waals surface area contributed by atoms with Gasteiger partial charge in [-0.05, 0) is 6.42 Å². The average molecular weight is 209 g/mol. The van der Waals surface area contributed by atoms with Gasteiger partial charge in [-0.1, -0.05) is 0 Å². The molecule has 1 aromatic rings. The number of amides is 1. The Labute approximate surface area is 86.8 Å². The molecular formula is C9H11N3O3. The number of carbonyl (C=O) groups is 1. The molecule has 2 rings (SSSR count). The van der Waals surface area contributed by atoms with E-state index >= 15 is 0 Å². The third kappa shape index (κ3) is 2.15. The summed E-state index contributed by atoms with van der Waals surface area (Å²) >= 11 is 0. The van der Waals surface area contributed by atoms with Gasteiger partial charge in [0.2, 0.25) is 0 Å². The maximum absolute atomic E-state index is 11.4. The Morgan fingerprint density at radius 3 is 2.53 bits per heavy atom. The molecule has 0 spiro atoms. The third-order valence-electron chi connectivity index (χ3n) is 2.11. The quantitative estimate of drug-likeness (QED) is 0.717. The van der Waals surface area contributed by atoms with Gasteiger partial charge in [-0.2, -0.15) is 9.97 Å². The molecule has 0 radical (unpaired) electrons. The summed E-state index contributed by atoms with van der Waals surface area (Å²) in [4.78, 5) is 20.6. The number of hydrogen-bond acceptors (Lipinski definition) is 5. The monoisotopic (exact) mass is 209 g/mol. The molecule has 2 heterocycles. The second-order valence-electron chi connectivity index (χ2n) is 3.11. The highest BCUT2D eigenvalue weighted by atomic mass is 16.6. The SMILES string of the molecule is COc1ncc(OC(=O)N2CCC2)cn1. The van der Waals surface area contributed by atoms with E-state index in [-0.39, 0.29) is 12.1 Å². The van der Waals surface area contributed by atoms with Gasteiger partial charge in [0.25, 0.3) is 0 Å². The standard InChI is InChI=1S/C9H11N3O3/c1-14-8-10-5-7(6-11-8)15-9(13)12-3-2-4-12/h5-6H,2-4H2,1H3. The van der Waals surface area contributed by atoms with Gasteiger partial charge in [0.1, 0.15) is 0 Å². The van der Waals surface area contributed by atoms with Crippen LogP contribution < -0.4 is 9.47 Å². The van der Waals surface area contributed by atoms with E-state index in [9.17, 15) is 4.79 Å². The number of carbonyl (C=O) groups excluding carboxylic acids is 1. The molecule has 0 saturated carbocycles. The van der Waals surface area contributed by atoms with Crippen LogP contribution in [0, 0.1) is 0 Å². The first-order valence-corrected chi connectivity index (χ1v) is 4.62. The van der Waals surface area contributed by atoms with Crippen molar-refractivity contribution in [1.29, 1.82) is 0 Å². The lowest BCUT2D eigenvalue weighted by Crippen LogP contribution is -2.43. The summed E-state index contributed by atoms with van der Waals surface area (Å²) in [6.07, 6.45) is 3.50. The van der Waals surface area contributed by atoms with E-state index in [0.717, 1.165) is 19.5 Å².